The third kappa shape index (κ3) is 5.36. The van der Waals surface area contributed by atoms with Gasteiger partial charge in [0.05, 0.1) is 0 Å². The number of hydrogen-bond donors (Lipinski definition) is 2. The zero-order chi connectivity index (χ0) is 13.6. The van der Waals surface area contributed by atoms with Gasteiger partial charge in [-0.3, -0.25) is 4.79 Å². The normalized spacial score (nSPS) is 24.9. The summed E-state index contributed by atoms with van der Waals surface area (Å²) >= 11 is 0. The summed E-state index contributed by atoms with van der Waals surface area (Å²) in [6.45, 7) is 5.77. The average molecular weight is 256 g/mol. The second kappa shape index (κ2) is 7.10. The number of nitrogens with one attached hydrogen (secondary N) is 1. The SMILES string of the molecule is COCCC(C)(C)CNC(=O)C1CCC(N)CC1. The molecule has 106 valence electrons. The summed E-state index contributed by atoms with van der Waals surface area (Å²) in [5.74, 6) is 0.371. The van der Waals surface area contributed by atoms with E-state index in [-0.39, 0.29) is 17.2 Å². The number of hydrogen-bond acceptors (Lipinski definition) is 3. The van der Waals surface area contributed by atoms with Gasteiger partial charge in [-0.15, -0.1) is 0 Å². The maximum atomic E-state index is 12.0. The Hall–Kier alpha value is -0.610. The van der Waals surface area contributed by atoms with Gasteiger partial charge in [0.2, 0.25) is 5.91 Å². The predicted molar refractivity (Wildman–Crippen MR) is 73.2 cm³/mol. The van der Waals surface area contributed by atoms with Crippen molar-refractivity contribution in [1.29, 1.82) is 0 Å². The van der Waals surface area contributed by atoms with E-state index in [9.17, 15) is 4.79 Å². The van der Waals surface area contributed by atoms with Crippen LogP contribution in [0.1, 0.15) is 46.0 Å². The molecular formula is C14H28N2O2. The molecular weight excluding hydrogens is 228 g/mol. The number of ether oxygens (including phenoxy) is 1. The van der Waals surface area contributed by atoms with Crippen LogP contribution < -0.4 is 11.1 Å². The lowest BCUT2D eigenvalue weighted by molar-refractivity contribution is -0.126. The van der Waals surface area contributed by atoms with E-state index in [0.717, 1.165) is 45.3 Å². The highest BCUT2D eigenvalue weighted by atomic mass is 16.5. The summed E-state index contributed by atoms with van der Waals surface area (Å²) in [5.41, 5.74) is 5.94. The molecule has 1 aliphatic rings. The quantitative estimate of drug-likeness (QED) is 0.760. The maximum absolute atomic E-state index is 12.0. The summed E-state index contributed by atoms with van der Waals surface area (Å²) in [4.78, 5) is 12.0. The van der Waals surface area contributed by atoms with Crippen molar-refractivity contribution in [2.45, 2.75) is 52.0 Å². The summed E-state index contributed by atoms with van der Waals surface area (Å²) in [7, 11) is 1.71. The van der Waals surface area contributed by atoms with Crippen molar-refractivity contribution in [3.8, 4) is 0 Å². The molecule has 0 aromatic carbocycles. The van der Waals surface area contributed by atoms with Crippen LogP contribution in [-0.2, 0) is 9.53 Å². The highest BCUT2D eigenvalue weighted by molar-refractivity contribution is 5.78. The molecule has 3 N–H and O–H groups in total. The van der Waals surface area contributed by atoms with Gasteiger partial charge in [-0.25, -0.2) is 0 Å². The molecule has 18 heavy (non-hydrogen) atoms. The minimum atomic E-state index is 0.0940. The number of methoxy groups -OCH3 is 1. The first-order valence-corrected chi connectivity index (χ1v) is 6.97. The Morgan fingerprint density at radius 1 is 1.33 bits per heavy atom. The zero-order valence-corrected chi connectivity index (χ0v) is 12.0. The molecule has 1 saturated carbocycles. The topological polar surface area (TPSA) is 64.3 Å². The van der Waals surface area contributed by atoms with E-state index in [0.29, 0.717) is 6.04 Å². The fourth-order valence-corrected chi connectivity index (χ4v) is 2.32. The summed E-state index contributed by atoms with van der Waals surface area (Å²) in [6.07, 6.45) is 4.78. The first-order chi connectivity index (χ1) is 8.44. The molecule has 0 saturated heterocycles. The van der Waals surface area contributed by atoms with Crippen LogP contribution in [0.5, 0.6) is 0 Å². The molecule has 1 aliphatic carbocycles. The Morgan fingerprint density at radius 3 is 2.50 bits per heavy atom. The van der Waals surface area contributed by atoms with E-state index in [4.69, 9.17) is 10.5 Å². The minimum absolute atomic E-state index is 0.0940. The largest absolute Gasteiger partial charge is 0.385 e. The van der Waals surface area contributed by atoms with Crippen LogP contribution in [0.2, 0.25) is 0 Å². The molecule has 1 amide bonds. The molecule has 0 aromatic heterocycles. The summed E-state index contributed by atoms with van der Waals surface area (Å²) in [6, 6.07) is 0.298. The molecule has 0 heterocycles. The minimum Gasteiger partial charge on any atom is -0.385 e. The van der Waals surface area contributed by atoms with E-state index in [1.807, 2.05) is 0 Å². The maximum Gasteiger partial charge on any atom is 0.223 e. The fraction of sp³-hybridized carbons (Fsp3) is 0.929. The van der Waals surface area contributed by atoms with Gasteiger partial charge >= 0.3 is 0 Å². The molecule has 0 aromatic rings. The van der Waals surface area contributed by atoms with E-state index >= 15 is 0 Å². The Labute approximate surface area is 111 Å². The molecule has 0 bridgehead atoms. The van der Waals surface area contributed by atoms with Gasteiger partial charge in [-0.2, -0.15) is 0 Å². The number of carbonyl (C=O) groups is 1. The van der Waals surface area contributed by atoms with Crippen molar-refractivity contribution < 1.29 is 9.53 Å². The lowest BCUT2D eigenvalue weighted by Crippen LogP contribution is -2.40. The Balaban J connectivity index is 2.27. The van der Waals surface area contributed by atoms with Crippen LogP contribution in [0.15, 0.2) is 0 Å². The zero-order valence-electron chi connectivity index (χ0n) is 12.0. The van der Waals surface area contributed by atoms with Crippen molar-refractivity contribution in [2.75, 3.05) is 20.3 Å². The van der Waals surface area contributed by atoms with Crippen molar-refractivity contribution in [1.82, 2.24) is 5.32 Å². The molecule has 4 nitrogen and oxygen atoms in total. The van der Waals surface area contributed by atoms with Gasteiger partial charge in [-0.1, -0.05) is 13.8 Å². The smallest absolute Gasteiger partial charge is 0.223 e. The number of amides is 1. The van der Waals surface area contributed by atoms with Gasteiger partial charge < -0.3 is 15.8 Å². The van der Waals surface area contributed by atoms with Crippen molar-refractivity contribution >= 4 is 5.91 Å². The van der Waals surface area contributed by atoms with Crippen molar-refractivity contribution in [3.63, 3.8) is 0 Å². The van der Waals surface area contributed by atoms with Crippen molar-refractivity contribution in [2.24, 2.45) is 17.1 Å². The van der Waals surface area contributed by atoms with Gasteiger partial charge in [0.1, 0.15) is 0 Å². The van der Waals surface area contributed by atoms with Gasteiger partial charge in [-0.05, 0) is 37.5 Å². The molecule has 1 fully saturated rings. The van der Waals surface area contributed by atoms with Crippen LogP contribution in [0, 0.1) is 11.3 Å². The van der Waals surface area contributed by atoms with Gasteiger partial charge in [0, 0.05) is 32.2 Å². The van der Waals surface area contributed by atoms with Gasteiger partial charge in [0.15, 0.2) is 0 Å². The van der Waals surface area contributed by atoms with E-state index in [1.54, 1.807) is 7.11 Å². The molecule has 0 atom stereocenters. The van der Waals surface area contributed by atoms with E-state index in [1.165, 1.54) is 0 Å². The van der Waals surface area contributed by atoms with Crippen molar-refractivity contribution in [3.05, 3.63) is 0 Å². The summed E-state index contributed by atoms with van der Waals surface area (Å²) < 4.78 is 5.09. The Bertz CT molecular complexity index is 259. The van der Waals surface area contributed by atoms with E-state index in [2.05, 4.69) is 19.2 Å². The second-order valence-electron chi connectivity index (χ2n) is 6.24. The average Bonchev–Trinajstić information content (AvgIpc) is 2.35. The number of rotatable bonds is 6. The highest BCUT2D eigenvalue weighted by Gasteiger charge is 2.26. The van der Waals surface area contributed by atoms with Crippen LogP contribution >= 0.6 is 0 Å². The number of carbonyl (C=O) groups excluding carboxylic acids is 1. The summed E-state index contributed by atoms with van der Waals surface area (Å²) in [5, 5.41) is 3.08. The third-order valence-corrected chi connectivity index (χ3v) is 3.87. The third-order valence-electron chi connectivity index (χ3n) is 3.87. The lowest BCUT2D eigenvalue weighted by Gasteiger charge is -2.28. The standard InChI is InChI=1S/C14H28N2O2/c1-14(2,8-9-18-3)10-16-13(17)11-4-6-12(15)7-5-11/h11-12H,4-10,15H2,1-3H3,(H,16,17). The Morgan fingerprint density at radius 2 is 1.94 bits per heavy atom. The monoisotopic (exact) mass is 256 g/mol. The highest BCUT2D eigenvalue weighted by Crippen LogP contribution is 2.24. The molecule has 0 spiro atoms. The molecule has 0 radical (unpaired) electrons. The van der Waals surface area contributed by atoms with Crippen LogP contribution in [-0.4, -0.2) is 32.2 Å². The van der Waals surface area contributed by atoms with E-state index < -0.39 is 0 Å². The molecule has 0 aliphatic heterocycles. The fourth-order valence-electron chi connectivity index (χ4n) is 2.32. The van der Waals surface area contributed by atoms with Crippen LogP contribution in [0.25, 0.3) is 0 Å². The van der Waals surface area contributed by atoms with Crippen LogP contribution in [0.3, 0.4) is 0 Å². The molecule has 4 heteroatoms. The first kappa shape index (κ1) is 15.4. The lowest BCUT2D eigenvalue weighted by atomic mass is 9.85. The number of nitrogens with two attached hydrogens (primary N) is 1. The first-order valence-electron chi connectivity index (χ1n) is 6.97. The molecule has 0 unspecified atom stereocenters. The predicted octanol–water partition coefficient (Wildman–Crippen LogP) is 1.68. The van der Waals surface area contributed by atoms with Gasteiger partial charge in [0.25, 0.3) is 0 Å². The second-order valence-corrected chi connectivity index (χ2v) is 6.24. The van der Waals surface area contributed by atoms with Crippen LogP contribution in [0.4, 0.5) is 0 Å². The Kier molecular flexibility index (Phi) is 6.09. The molecule has 1 rings (SSSR count).